The number of likely N-dealkylation sites (tertiary alicyclic amines) is 1. The van der Waals surface area contributed by atoms with Gasteiger partial charge in [-0.25, -0.2) is 4.98 Å². The van der Waals surface area contributed by atoms with Gasteiger partial charge in [-0.1, -0.05) is 0 Å². The van der Waals surface area contributed by atoms with E-state index >= 15 is 0 Å². The minimum atomic E-state index is 0.0976. The third-order valence-electron chi connectivity index (χ3n) is 3.50. The first-order valence-corrected chi connectivity index (χ1v) is 7.73. The van der Waals surface area contributed by atoms with Crippen molar-refractivity contribution in [1.82, 2.24) is 9.88 Å². The summed E-state index contributed by atoms with van der Waals surface area (Å²) in [5.41, 5.74) is 0.661. The minimum Gasteiger partial charge on any atom is -0.475 e. The van der Waals surface area contributed by atoms with Gasteiger partial charge < -0.3 is 9.64 Å². The third-order valence-corrected chi connectivity index (χ3v) is 4.89. The third kappa shape index (κ3) is 2.56. The SMILES string of the molecule is CC(C)Oc1ccc(C(=O)N2CC3CC2CS3)cn1. The van der Waals surface area contributed by atoms with E-state index in [2.05, 4.69) is 4.98 Å². The average molecular weight is 278 g/mol. The van der Waals surface area contributed by atoms with Crippen LogP contribution in [0.4, 0.5) is 0 Å². The zero-order chi connectivity index (χ0) is 13.4. The van der Waals surface area contributed by atoms with E-state index in [9.17, 15) is 4.79 Å². The molecule has 0 spiro atoms. The Morgan fingerprint density at radius 1 is 1.53 bits per heavy atom. The number of amides is 1. The van der Waals surface area contributed by atoms with Crippen molar-refractivity contribution in [3.8, 4) is 5.88 Å². The Kier molecular flexibility index (Phi) is 3.39. The van der Waals surface area contributed by atoms with Gasteiger partial charge in [-0.05, 0) is 26.3 Å². The molecule has 5 heteroatoms. The molecule has 2 unspecified atom stereocenters. The highest BCUT2D eigenvalue weighted by atomic mass is 32.2. The van der Waals surface area contributed by atoms with Crippen molar-refractivity contribution in [3.05, 3.63) is 23.9 Å². The zero-order valence-corrected chi connectivity index (χ0v) is 12.0. The number of hydrogen-bond donors (Lipinski definition) is 0. The molecule has 2 fully saturated rings. The Morgan fingerprint density at radius 2 is 2.37 bits per heavy atom. The molecule has 0 saturated carbocycles. The Balaban J connectivity index is 1.70. The van der Waals surface area contributed by atoms with Crippen molar-refractivity contribution >= 4 is 17.7 Å². The summed E-state index contributed by atoms with van der Waals surface area (Å²) >= 11 is 1.99. The van der Waals surface area contributed by atoms with Gasteiger partial charge in [-0.2, -0.15) is 11.8 Å². The highest BCUT2D eigenvalue weighted by Crippen LogP contribution is 2.38. The quantitative estimate of drug-likeness (QED) is 0.850. The Morgan fingerprint density at radius 3 is 2.89 bits per heavy atom. The molecule has 1 aromatic heterocycles. The number of fused-ring (bicyclic) bond motifs is 2. The van der Waals surface area contributed by atoms with Gasteiger partial charge in [0, 0.05) is 35.9 Å². The first kappa shape index (κ1) is 12.8. The van der Waals surface area contributed by atoms with E-state index in [1.807, 2.05) is 36.6 Å². The molecule has 2 saturated heterocycles. The molecule has 0 aromatic carbocycles. The van der Waals surface area contributed by atoms with Crippen LogP contribution in [0.2, 0.25) is 0 Å². The van der Waals surface area contributed by atoms with Crippen LogP contribution in [-0.4, -0.2) is 45.5 Å². The van der Waals surface area contributed by atoms with Crippen LogP contribution < -0.4 is 4.74 Å². The van der Waals surface area contributed by atoms with E-state index in [1.165, 1.54) is 0 Å². The van der Waals surface area contributed by atoms with Gasteiger partial charge in [-0.3, -0.25) is 4.79 Å². The van der Waals surface area contributed by atoms with Crippen LogP contribution in [0, 0.1) is 0 Å². The Bertz CT molecular complexity index is 475. The summed E-state index contributed by atoms with van der Waals surface area (Å²) in [6.07, 6.45) is 2.87. The number of nitrogens with zero attached hydrogens (tertiary/aromatic N) is 2. The van der Waals surface area contributed by atoms with Crippen LogP contribution in [0.5, 0.6) is 5.88 Å². The number of thioether (sulfide) groups is 1. The van der Waals surface area contributed by atoms with Crippen molar-refractivity contribution in [2.45, 2.75) is 37.7 Å². The molecule has 2 aliphatic heterocycles. The number of carbonyl (C=O) groups is 1. The van der Waals surface area contributed by atoms with Crippen LogP contribution in [-0.2, 0) is 0 Å². The molecular weight excluding hydrogens is 260 g/mol. The van der Waals surface area contributed by atoms with Crippen molar-refractivity contribution in [2.24, 2.45) is 0 Å². The molecule has 2 atom stereocenters. The maximum Gasteiger partial charge on any atom is 0.255 e. The lowest BCUT2D eigenvalue weighted by Crippen LogP contribution is -2.39. The number of pyridine rings is 1. The molecule has 0 aliphatic carbocycles. The summed E-state index contributed by atoms with van der Waals surface area (Å²) in [5, 5.41) is 0.644. The summed E-state index contributed by atoms with van der Waals surface area (Å²) in [6.45, 7) is 4.80. The lowest BCUT2D eigenvalue weighted by molar-refractivity contribution is 0.0747. The smallest absolute Gasteiger partial charge is 0.255 e. The molecular formula is C14H18N2O2S. The molecule has 3 rings (SSSR count). The molecule has 3 heterocycles. The molecule has 1 aromatic rings. The summed E-state index contributed by atoms with van der Waals surface area (Å²) in [4.78, 5) is 18.6. The highest BCUT2D eigenvalue weighted by molar-refractivity contribution is 8.00. The number of rotatable bonds is 3. The number of hydrogen-bond acceptors (Lipinski definition) is 4. The van der Waals surface area contributed by atoms with Gasteiger partial charge in [0.1, 0.15) is 0 Å². The molecule has 2 bridgehead atoms. The Labute approximate surface area is 117 Å². The lowest BCUT2D eigenvalue weighted by Gasteiger charge is -2.26. The predicted octanol–water partition coefficient (Wildman–Crippen LogP) is 2.20. The van der Waals surface area contributed by atoms with E-state index in [0.29, 0.717) is 22.7 Å². The molecule has 1 amide bonds. The number of carbonyl (C=O) groups excluding carboxylic acids is 1. The molecule has 0 radical (unpaired) electrons. The van der Waals surface area contributed by atoms with Crippen LogP contribution in [0.15, 0.2) is 18.3 Å². The maximum atomic E-state index is 12.4. The first-order valence-electron chi connectivity index (χ1n) is 6.69. The van der Waals surface area contributed by atoms with Crippen LogP contribution in [0.25, 0.3) is 0 Å². The largest absolute Gasteiger partial charge is 0.475 e. The topological polar surface area (TPSA) is 42.4 Å². The predicted molar refractivity (Wildman–Crippen MR) is 75.7 cm³/mol. The zero-order valence-electron chi connectivity index (χ0n) is 11.2. The van der Waals surface area contributed by atoms with Crippen molar-refractivity contribution in [2.75, 3.05) is 12.3 Å². The van der Waals surface area contributed by atoms with Crippen molar-refractivity contribution in [1.29, 1.82) is 0 Å². The highest BCUT2D eigenvalue weighted by Gasteiger charge is 2.41. The summed E-state index contributed by atoms with van der Waals surface area (Å²) < 4.78 is 5.48. The fourth-order valence-corrected chi connectivity index (χ4v) is 4.07. The van der Waals surface area contributed by atoms with E-state index in [0.717, 1.165) is 18.7 Å². The van der Waals surface area contributed by atoms with Crippen LogP contribution in [0.1, 0.15) is 30.6 Å². The second-order valence-corrected chi connectivity index (χ2v) is 6.69. The van der Waals surface area contributed by atoms with Gasteiger partial charge >= 0.3 is 0 Å². The van der Waals surface area contributed by atoms with Gasteiger partial charge in [0.05, 0.1) is 11.7 Å². The first-order chi connectivity index (χ1) is 9.13. The molecule has 102 valence electrons. The Hall–Kier alpha value is -1.23. The molecule has 19 heavy (non-hydrogen) atoms. The minimum absolute atomic E-state index is 0.0976. The molecule has 2 aliphatic rings. The fraction of sp³-hybridized carbons (Fsp3) is 0.571. The molecule has 4 nitrogen and oxygen atoms in total. The van der Waals surface area contributed by atoms with Crippen molar-refractivity contribution in [3.63, 3.8) is 0 Å². The van der Waals surface area contributed by atoms with Crippen LogP contribution >= 0.6 is 11.8 Å². The molecule has 0 N–H and O–H groups in total. The van der Waals surface area contributed by atoms with Gasteiger partial charge in [0.15, 0.2) is 0 Å². The summed E-state index contributed by atoms with van der Waals surface area (Å²) in [7, 11) is 0. The van der Waals surface area contributed by atoms with Gasteiger partial charge in [0.25, 0.3) is 5.91 Å². The van der Waals surface area contributed by atoms with E-state index in [1.54, 1.807) is 12.3 Å². The van der Waals surface area contributed by atoms with Crippen LogP contribution in [0.3, 0.4) is 0 Å². The van der Waals surface area contributed by atoms with Gasteiger partial charge in [0.2, 0.25) is 5.88 Å². The normalized spacial score (nSPS) is 25.1. The van der Waals surface area contributed by atoms with Gasteiger partial charge in [-0.15, -0.1) is 0 Å². The second-order valence-electron chi connectivity index (χ2n) is 5.35. The van der Waals surface area contributed by atoms with E-state index < -0.39 is 0 Å². The standard InChI is InChI=1S/C14H18N2O2S/c1-9(2)18-13-4-3-10(6-15-13)14(17)16-7-12-5-11(16)8-19-12/h3-4,6,9,11-12H,5,7-8H2,1-2H3. The monoisotopic (exact) mass is 278 g/mol. The second kappa shape index (κ2) is 5.04. The fourth-order valence-electron chi connectivity index (χ4n) is 2.63. The number of ether oxygens (including phenoxy) is 1. The lowest BCUT2D eigenvalue weighted by atomic mass is 10.2. The van der Waals surface area contributed by atoms with Crippen molar-refractivity contribution < 1.29 is 9.53 Å². The number of aromatic nitrogens is 1. The maximum absolute atomic E-state index is 12.4. The summed E-state index contributed by atoms with van der Waals surface area (Å²) in [6, 6.07) is 4.01. The van der Waals surface area contributed by atoms with E-state index in [-0.39, 0.29) is 12.0 Å². The van der Waals surface area contributed by atoms with E-state index in [4.69, 9.17) is 4.74 Å². The average Bonchev–Trinajstić information content (AvgIpc) is 3.00. The summed E-state index contributed by atoms with van der Waals surface area (Å²) in [5.74, 6) is 1.76.